The molecule has 0 aromatic carbocycles. The molecule has 3 nitrogen and oxygen atoms in total. The molecule has 0 spiro atoms. The lowest BCUT2D eigenvalue weighted by Gasteiger charge is -2.26. The van der Waals surface area contributed by atoms with E-state index in [0.29, 0.717) is 13.2 Å². The van der Waals surface area contributed by atoms with E-state index < -0.39 is 0 Å². The van der Waals surface area contributed by atoms with Gasteiger partial charge < -0.3 is 9.64 Å². The molecular weight excluding hydrogens is 258 g/mol. The third kappa shape index (κ3) is 2.70. The number of hydrogen-bond donors (Lipinski definition) is 0. The molecular formula is C15H21NO2S. The van der Waals surface area contributed by atoms with Crippen LogP contribution in [0.2, 0.25) is 0 Å². The van der Waals surface area contributed by atoms with Crippen molar-refractivity contribution in [3.63, 3.8) is 0 Å². The first kappa shape index (κ1) is 13.1. The van der Waals surface area contributed by atoms with E-state index in [1.807, 2.05) is 4.90 Å². The van der Waals surface area contributed by atoms with Crippen LogP contribution in [0.15, 0.2) is 6.07 Å². The molecule has 1 aliphatic heterocycles. The number of morpholine rings is 1. The molecule has 0 saturated carbocycles. The van der Waals surface area contributed by atoms with Gasteiger partial charge in [-0.25, -0.2) is 0 Å². The molecule has 1 aliphatic carbocycles. The Morgan fingerprint density at radius 3 is 3.00 bits per heavy atom. The molecule has 19 heavy (non-hydrogen) atoms. The number of amides is 1. The van der Waals surface area contributed by atoms with Crippen molar-refractivity contribution >= 4 is 17.2 Å². The van der Waals surface area contributed by atoms with Gasteiger partial charge >= 0.3 is 0 Å². The van der Waals surface area contributed by atoms with Crippen molar-refractivity contribution in [3.05, 3.63) is 21.4 Å². The minimum Gasteiger partial charge on any atom is -0.378 e. The van der Waals surface area contributed by atoms with Crippen LogP contribution in [0.3, 0.4) is 0 Å². The zero-order valence-electron chi connectivity index (χ0n) is 11.5. The summed E-state index contributed by atoms with van der Waals surface area (Å²) in [6, 6.07) is 2.15. The van der Waals surface area contributed by atoms with Crippen molar-refractivity contribution < 1.29 is 9.53 Å². The summed E-state index contributed by atoms with van der Waals surface area (Å²) in [5, 5.41) is 0. The van der Waals surface area contributed by atoms with Crippen molar-refractivity contribution in [2.24, 2.45) is 5.92 Å². The summed E-state index contributed by atoms with van der Waals surface area (Å²) in [5.41, 5.74) is 1.43. The van der Waals surface area contributed by atoms with E-state index in [1.54, 1.807) is 11.3 Å². The van der Waals surface area contributed by atoms with Gasteiger partial charge in [0.1, 0.15) is 0 Å². The number of carbonyl (C=O) groups excluding carboxylic acids is 1. The standard InChI is InChI=1S/C15H21NO2S/c1-2-11-3-4-13-12(9-11)10-14(19-13)15(17)16-5-7-18-8-6-16/h10-11H,2-9H2,1H3/t11-/m0/s1. The fourth-order valence-corrected chi connectivity index (χ4v) is 4.15. The van der Waals surface area contributed by atoms with Crippen molar-refractivity contribution in [3.8, 4) is 0 Å². The normalized spacial score (nSPS) is 23.2. The van der Waals surface area contributed by atoms with E-state index in [-0.39, 0.29) is 5.91 Å². The molecule has 104 valence electrons. The van der Waals surface area contributed by atoms with E-state index in [0.717, 1.165) is 30.3 Å². The molecule has 2 aliphatic rings. The summed E-state index contributed by atoms with van der Waals surface area (Å²) < 4.78 is 5.31. The van der Waals surface area contributed by atoms with Gasteiger partial charge in [-0.05, 0) is 36.8 Å². The van der Waals surface area contributed by atoms with E-state index in [2.05, 4.69) is 13.0 Å². The SMILES string of the molecule is CC[C@H]1CCc2sc(C(=O)N3CCOCC3)cc2C1. The maximum atomic E-state index is 12.4. The highest BCUT2D eigenvalue weighted by atomic mass is 32.1. The zero-order valence-corrected chi connectivity index (χ0v) is 12.3. The lowest BCUT2D eigenvalue weighted by molar-refractivity contribution is 0.0306. The first-order valence-electron chi connectivity index (χ1n) is 7.26. The molecule has 2 heterocycles. The third-order valence-corrected chi connectivity index (χ3v) is 5.50. The Bertz CT molecular complexity index is 463. The summed E-state index contributed by atoms with van der Waals surface area (Å²) in [6.45, 7) is 5.09. The number of ether oxygens (including phenoxy) is 1. The quantitative estimate of drug-likeness (QED) is 0.833. The van der Waals surface area contributed by atoms with Gasteiger partial charge in [0.05, 0.1) is 18.1 Å². The summed E-state index contributed by atoms with van der Waals surface area (Å²) in [5.74, 6) is 1.02. The number of rotatable bonds is 2. The highest BCUT2D eigenvalue weighted by molar-refractivity contribution is 7.14. The number of thiophene rings is 1. The molecule has 0 radical (unpaired) electrons. The Morgan fingerprint density at radius 1 is 1.47 bits per heavy atom. The molecule has 1 fully saturated rings. The van der Waals surface area contributed by atoms with Crippen LogP contribution in [-0.4, -0.2) is 37.1 Å². The summed E-state index contributed by atoms with van der Waals surface area (Å²) in [7, 11) is 0. The molecule has 0 N–H and O–H groups in total. The Morgan fingerprint density at radius 2 is 2.26 bits per heavy atom. The van der Waals surface area contributed by atoms with Crippen LogP contribution in [0.1, 0.15) is 39.9 Å². The topological polar surface area (TPSA) is 29.5 Å². The Hall–Kier alpha value is -0.870. The Labute approximate surface area is 118 Å². The molecule has 0 bridgehead atoms. The fourth-order valence-electron chi connectivity index (χ4n) is 2.98. The molecule has 4 heteroatoms. The first-order valence-corrected chi connectivity index (χ1v) is 8.08. The van der Waals surface area contributed by atoms with Crippen molar-refractivity contribution in [2.75, 3.05) is 26.3 Å². The van der Waals surface area contributed by atoms with Gasteiger partial charge in [-0.15, -0.1) is 11.3 Å². The zero-order chi connectivity index (χ0) is 13.2. The molecule has 0 unspecified atom stereocenters. The fraction of sp³-hybridized carbons (Fsp3) is 0.667. The van der Waals surface area contributed by atoms with Crippen molar-refractivity contribution in [1.82, 2.24) is 4.90 Å². The van der Waals surface area contributed by atoms with E-state index in [4.69, 9.17) is 4.74 Å². The van der Waals surface area contributed by atoms with Gasteiger partial charge in [0, 0.05) is 18.0 Å². The van der Waals surface area contributed by atoms with Crippen LogP contribution in [0.5, 0.6) is 0 Å². The number of nitrogens with zero attached hydrogens (tertiary/aromatic N) is 1. The second kappa shape index (κ2) is 5.63. The Balaban J connectivity index is 1.75. The van der Waals surface area contributed by atoms with Crippen LogP contribution in [0.25, 0.3) is 0 Å². The average molecular weight is 279 g/mol. The van der Waals surface area contributed by atoms with Gasteiger partial charge in [0.2, 0.25) is 0 Å². The maximum absolute atomic E-state index is 12.4. The van der Waals surface area contributed by atoms with E-state index in [9.17, 15) is 4.79 Å². The minimum atomic E-state index is 0.204. The van der Waals surface area contributed by atoms with Gasteiger partial charge in [0.15, 0.2) is 0 Å². The predicted octanol–water partition coefficient (Wildman–Crippen LogP) is 2.74. The van der Waals surface area contributed by atoms with E-state index >= 15 is 0 Å². The predicted molar refractivity (Wildman–Crippen MR) is 76.8 cm³/mol. The Kier molecular flexibility index (Phi) is 3.89. The monoisotopic (exact) mass is 279 g/mol. The molecule has 1 amide bonds. The number of carbonyl (C=O) groups is 1. The highest BCUT2D eigenvalue weighted by Gasteiger charge is 2.25. The third-order valence-electron chi connectivity index (χ3n) is 4.27. The van der Waals surface area contributed by atoms with Crippen LogP contribution in [-0.2, 0) is 17.6 Å². The molecule has 1 saturated heterocycles. The largest absolute Gasteiger partial charge is 0.378 e. The highest BCUT2D eigenvalue weighted by Crippen LogP contribution is 2.34. The van der Waals surface area contributed by atoms with Gasteiger partial charge in [-0.2, -0.15) is 0 Å². The smallest absolute Gasteiger partial charge is 0.264 e. The van der Waals surface area contributed by atoms with Gasteiger partial charge in [-0.3, -0.25) is 4.79 Å². The van der Waals surface area contributed by atoms with Crippen LogP contribution < -0.4 is 0 Å². The molecule has 1 aromatic heterocycles. The summed E-state index contributed by atoms with van der Waals surface area (Å²) >= 11 is 1.72. The minimum absolute atomic E-state index is 0.204. The maximum Gasteiger partial charge on any atom is 0.264 e. The van der Waals surface area contributed by atoms with E-state index in [1.165, 1.54) is 29.7 Å². The first-order chi connectivity index (χ1) is 9.28. The molecule has 3 rings (SSSR count). The second-order valence-corrected chi connectivity index (χ2v) is 6.62. The number of fused-ring (bicyclic) bond motifs is 1. The second-order valence-electron chi connectivity index (χ2n) is 5.48. The average Bonchev–Trinajstić information content (AvgIpc) is 2.90. The summed E-state index contributed by atoms with van der Waals surface area (Å²) in [4.78, 5) is 16.8. The van der Waals surface area contributed by atoms with Crippen LogP contribution in [0, 0.1) is 5.92 Å². The number of hydrogen-bond acceptors (Lipinski definition) is 3. The van der Waals surface area contributed by atoms with Crippen LogP contribution >= 0.6 is 11.3 Å². The van der Waals surface area contributed by atoms with Crippen molar-refractivity contribution in [2.45, 2.75) is 32.6 Å². The molecule has 1 atom stereocenters. The van der Waals surface area contributed by atoms with Gasteiger partial charge in [0.25, 0.3) is 5.91 Å². The lowest BCUT2D eigenvalue weighted by atomic mass is 9.87. The summed E-state index contributed by atoms with van der Waals surface area (Å²) in [6.07, 6.45) is 4.87. The van der Waals surface area contributed by atoms with Crippen LogP contribution in [0.4, 0.5) is 0 Å². The number of aryl methyl sites for hydroxylation is 1. The van der Waals surface area contributed by atoms with Crippen molar-refractivity contribution in [1.29, 1.82) is 0 Å². The van der Waals surface area contributed by atoms with Gasteiger partial charge in [-0.1, -0.05) is 13.3 Å². The lowest BCUT2D eigenvalue weighted by Crippen LogP contribution is -2.40. The molecule has 1 aromatic rings.